The Hall–Kier alpha value is -3.52. The Labute approximate surface area is 211 Å². The molecule has 0 radical (unpaired) electrons. The summed E-state index contributed by atoms with van der Waals surface area (Å²) in [7, 11) is 1.41. The van der Waals surface area contributed by atoms with Gasteiger partial charge in [-0.1, -0.05) is 36.4 Å². The molecule has 4 rings (SSSR count). The molecule has 190 valence electrons. The smallest absolute Gasteiger partial charge is 0.319 e. The van der Waals surface area contributed by atoms with Crippen LogP contribution in [0.5, 0.6) is 0 Å². The molecule has 8 nitrogen and oxygen atoms in total. The summed E-state index contributed by atoms with van der Waals surface area (Å²) in [5.41, 5.74) is 2.85. The first-order valence-electron chi connectivity index (χ1n) is 12.4. The van der Waals surface area contributed by atoms with Gasteiger partial charge in [-0.3, -0.25) is 19.2 Å². The molecule has 2 heterocycles. The zero-order valence-corrected chi connectivity index (χ0v) is 21.1. The minimum atomic E-state index is -1.20. The van der Waals surface area contributed by atoms with Crippen LogP contribution < -0.4 is 9.80 Å². The number of para-hydroxylation sites is 2. The van der Waals surface area contributed by atoms with Crippen molar-refractivity contribution in [3.05, 3.63) is 59.7 Å². The molecule has 0 N–H and O–H groups in total. The number of carbonyl (C=O) groups excluding carboxylic acids is 4. The number of anilines is 2. The average Bonchev–Trinajstić information content (AvgIpc) is 2.87. The standard InChI is InChI=1S/C28H32N2O6/c1-5-29-19-14-10-8-12-17(19)22(24(26(29)32)21(31)16-35-4)23-18-13-9-11-15-20(18)30(6-2)27(33)25(23)28(34)36-7-3/h8-15,22-25H,5-7,16H2,1-4H3/t22-,23-,24-,25+/m1/s1. The van der Waals surface area contributed by atoms with E-state index in [0.29, 0.717) is 24.5 Å². The van der Waals surface area contributed by atoms with E-state index in [0.717, 1.165) is 11.1 Å². The van der Waals surface area contributed by atoms with Crippen molar-refractivity contribution in [2.24, 2.45) is 11.8 Å². The molecule has 2 aromatic carbocycles. The SMILES string of the molecule is CCOC(=O)[C@@H]1C(=O)N(CC)c2ccccc2[C@@H]1[C@H]1c2ccccc2N(CC)C(=O)[C@@H]1C(=O)COC. The maximum atomic E-state index is 13.8. The minimum absolute atomic E-state index is 0.110. The van der Waals surface area contributed by atoms with E-state index in [1.54, 1.807) is 16.7 Å². The van der Waals surface area contributed by atoms with Gasteiger partial charge in [0.15, 0.2) is 5.78 Å². The summed E-state index contributed by atoms with van der Waals surface area (Å²) in [6.07, 6.45) is 0. The highest BCUT2D eigenvalue weighted by Gasteiger charge is 2.55. The molecule has 4 atom stereocenters. The molecule has 36 heavy (non-hydrogen) atoms. The van der Waals surface area contributed by atoms with Gasteiger partial charge in [0, 0.05) is 43.4 Å². The van der Waals surface area contributed by atoms with Crippen LogP contribution in [0.15, 0.2) is 48.5 Å². The second-order valence-corrected chi connectivity index (χ2v) is 8.94. The molecule has 0 aliphatic carbocycles. The molecule has 0 fully saturated rings. The molecular weight excluding hydrogens is 460 g/mol. The third kappa shape index (κ3) is 4.09. The number of ketones is 1. The monoisotopic (exact) mass is 492 g/mol. The molecule has 2 amide bonds. The van der Waals surface area contributed by atoms with Gasteiger partial charge in [-0.15, -0.1) is 0 Å². The van der Waals surface area contributed by atoms with Crippen molar-refractivity contribution in [1.29, 1.82) is 0 Å². The Morgan fingerprint density at radius 3 is 1.72 bits per heavy atom. The van der Waals surface area contributed by atoms with Crippen LogP contribution in [0.4, 0.5) is 11.4 Å². The van der Waals surface area contributed by atoms with Crippen LogP contribution >= 0.6 is 0 Å². The highest BCUT2D eigenvalue weighted by molar-refractivity contribution is 6.13. The van der Waals surface area contributed by atoms with Gasteiger partial charge in [-0.25, -0.2) is 0 Å². The number of hydrogen-bond acceptors (Lipinski definition) is 6. The summed E-state index contributed by atoms with van der Waals surface area (Å²) >= 11 is 0. The van der Waals surface area contributed by atoms with Crippen molar-refractivity contribution in [1.82, 2.24) is 0 Å². The van der Waals surface area contributed by atoms with E-state index in [2.05, 4.69) is 0 Å². The summed E-state index contributed by atoms with van der Waals surface area (Å²) in [5, 5.41) is 0. The first-order valence-corrected chi connectivity index (χ1v) is 12.4. The highest BCUT2D eigenvalue weighted by atomic mass is 16.5. The number of ether oxygens (including phenoxy) is 2. The molecule has 0 saturated carbocycles. The van der Waals surface area contributed by atoms with Crippen LogP contribution in [-0.2, 0) is 28.7 Å². The van der Waals surface area contributed by atoms with E-state index in [1.165, 1.54) is 7.11 Å². The maximum Gasteiger partial charge on any atom is 0.319 e. The molecule has 0 spiro atoms. The van der Waals surface area contributed by atoms with Gasteiger partial charge in [0.25, 0.3) is 0 Å². The lowest BCUT2D eigenvalue weighted by atomic mass is 9.63. The van der Waals surface area contributed by atoms with Crippen molar-refractivity contribution in [3.63, 3.8) is 0 Å². The number of methoxy groups -OCH3 is 1. The number of rotatable bonds is 8. The molecule has 0 unspecified atom stereocenters. The van der Waals surface area contributed by atoms with Crippen molar-refractivity contribution in [2.75, 3.05) is 43.2 Å². The van der Waals surface area contributed by atoms with Gasteiger partial charge >= 0.3 is 5.97 Å². The first-order chi connectivity index (χ1) is 17.4. The Bertz CT molecular complexity index is 1090. The van der Waals surface area contributed by atoms with Crippen molar-refractivity contribution in [2.45, 2.75) is 32.6 Å². The van der Waals surface area contributed by atoms with E-state index in [9.17, 15) is 19.2 Å². The third-order valence-corrected chi connectivity index (χ3v) is 7.15. The lowest BCUT2D eigenvalue weighted by Gasteiger charge is -2.46. The van der Waals surface area contributed by atoms with E-state index in [4.69, 9.17) is 9.47 Å². The third-order valence-electron chi connectivity index (χ3n) is 7.15. The summed E-state index contributed by atoms with van der Waals surface area (Å²) in [4.78, 5) is 57.7. The predicted molar refractivity (Wildman–Crippen MR) is 135 cm³/mol. The van der Waals surface area contributed by atoms with E-state index >= 15 is 0 Å². The second-order valence-electron chi connectivity index (χ2n) is 8.94. The van der Waals surface area contributed by atoms with Crippen molar-refractivity contribution in [3.8, 4) is 0 Å². The number of esters is 1. The molecule has 8 heteroatoms. The van der Waals surface area contributed by atoms with Gasteiger partial charge in [0.2, 0.25) is 11.8 Å². The average molecular weight is 493 g/mol. The highest BCUT2D eigenvalue weighted by Crippen LogP contribution is 2.54. The Kier molecular flexibility index (Phi) is 7.54. The van der Waals surface area contributed by atoms with E-state index < -0.39 is 29.6 Å². The molecular formula is C28H32N2O6. The summed E-state index contributed by atoms with van der Waals surface area (Å²) in [6, 6.07) is 14.8. The second kappa shape index (κ2) is 10.6. The Morgan fingerprint density at radius 2 is 1.25 bits per heavy atom. The fourth-order valence-corrected chi connectivity index (χ4v) is 5.77. The molecule has 2 aliphatic rings. The number of carbonyl (C=O) groups is 4. The van der Waals surface area contributed by atoms with Crippen LogP contribution in [0.2, 0.25) is 0 Å². The van der Waals surface area contributed by atoms with Gasteiger partial charge < -0.3 is 19.3 Å². The Balaban J connectivity index is 2.02. The van der Waals surface area contributed by atoms with Crippen molar-refractivity contribution < 1.29 is 28.7 Å². The van der Waals surface area contributed by atoms with Crippen LogP contribution in [-0.4, -0.2) is 57.0 Å². The fourth-order valence-electron chi connectivity index (χ4n) is 5.77. The number of hydrogen-bond donors (Lipinski definition) is 0. The number of benzene rings is 2. The number of Topliss-reactive ketones (excluding diaryl/α,β-unsaturated/α-hetero) is 1. The molecule has 0 saturated heterocycles. The molecule has 0 bridgehead atoms. The maximum absolute atomic E-state index is 13.8. The van der Waals surface area contributed by atoms with Crippen LogP contribution in [0.3, 0.4) is 0 Å². The Morgan fingerprint density at radius 1 is 0.778 bits per heavy atom. The molecule has 2 aromatic rings. The van der Waals surface area contributed by atoms with Gasteiger partial charge in [-0.2, -0.15) is 0 Å². The van der Waals surface area contributed by atoms with E-state index in [1.807, 2.05) is 62.4 Å². The normalized spacial score (nSPS) is 23.2. The summed E-state index contributed by atoms with van der Waals surface area (Å²) in [5.74, 6) is -5.61. The van der Waals surface area contributed by atoms with E-state index in [-0.39, 0.29) is 30.8 Å². The summed E-state index contributed by atoms with van der Waals surface area (Å²) in [6.45, 7) is 6.00. The zero-order valence-electron chi connectivity index (χ0n) is 21.1. The minimum Gasteiger partial charge on any atom is -0.465 e. The van der Waals surface area contributed by atoms with Crippen LogP contribution in [0.25, 0.3) is 0 Å². The quantitative estimate of drug-likeness (QED) is 0.415. The lowest BCUT2D eigenvalue weighted by Crippen LogP contribution is -2.54. The summed E-state index contributed by atoms with van der Waals surface area (Å²) < 4.78 is 10.5. The zero-order chi connectivity index (χ0) is 26.0. The van der Waals surface area contributed by atoms with Gasteiger partial charge in [-0.05, 0) is 44.0 Å². The number of fused-ring (bicyclic) bond motifs is 2. The van der Waals surface area contributed by atoms with Crippen LogP contribution in [0, 0.1) is 11.8 Å². The van der Waals surface area contributed by atoms with Crippen molar-refractivity contribution >= 4 is 34.9 Å². The predicted octanol–water partition coefficient (Wildman–Crippen LogP) is 3.30. The number of nitrogens with zero attached hydrogens (tertiary/aromatic N) is 2. The topological polar surface area (TPSA) is 93.2 Å². The molecule has 2 aliphatic heterocycles. The van der Waals surface area contributed by atoms with Gasteiger partial charge in [0.05, 0.1) is 6.61 Å². The van der Waals surface area contributed by atoms with Crippen LogP contribution in [0.1, 0.15) is 43.7 Å². The number of amides is 2. The largest absolute Gasteiger partial charge is 0.465 e. The fraction of sp³-hybridized carbons (Fsp3) is 0.429. The first kappa shape index (κ1) is 25.6. The van der Waals surface area contributed by atoms with Gasteiger partial charge in [0.1, 0.15) is 18.4 Å². The lowest BCUT2D eigenvalue weighted by molar-refractivity contribution is -0.154. The molecule has 0 aromatic heterocycles.